The van der Waals surface area contributed by atoms with E-state index in [2.05, 4.69) is 4.98 Å². The van der Waals surface area contributed by atoms with E-state index in [9.17, 15) is 8.42 Å². The molecule has 1 aromatic heterocycles. The highest BCUT2D eigenvalue weighted by atomic mass is 35.5. The second kappa shape index (κ2) is 3.96. The molecule has 0 unspecified atom stereocenters. The maximum Gasteiger partial charge on any atom is 0.177 e. The van der Waals surface area contributed by atoms with Gasteiger partial charge >= 0.3 is 0 Å². The lowest BCUT2D eigenvalue weighted by Crippen LogP contribution is -1.97. The molecule has 0 saturated carbocycles. The van der Waals surface area contributed by atoms with Crippen LogP contribution in [-0.4, -0.2) is 19.7 Å². The van der Waals surface area contributed by atoms with Gasteiger partial charge in [0.1, 0.15) is 0 Å². The minimum absolute atomic E-state index is 0.301. The minimum Gasteiger partial charge on any atom is -0.360 e. The molecule has 0 atom stereocenters. The molecule has 0 aliphatic rings. The van der Waals surface area contributed by atoms with Crippen molar-refractivity contribution in [3.05, 3.63) is 41.6 Å². The lowest BCUT2D eigenvalue weighted by molar-refractivity contribution is 0.602. The number of nitrogens with one attached hydrogen (secondary N) is 1. The molecular weight excluding hydrogens is 246 g/mol. The van der Waals surface area contributed by atoms with Gasteiger partial charge in [-0.05, 0) is 23.8 Å². The molecule has 84 valence electrons. The van der Waals surface area contributed by atoms with Gasteiger partial charge in [0.15, 0.2) is 9.84 Å². The molecule has 0 saturated heterocycles. The molecule has 2 aromatic rings. The summed E-state index contributed by atoms with van der Waals surface area (Å²) in [7, 11) is -3.21. The maximum atomic E-state index is 11.5. The fraction of sp³-hybridized carbons (Fsp3) is 0.0909. The zero-order valence-corrected chi connectivity index (χ0v) is 10.1. The van der Waals surface area contributed by atoms with E-state index in [1.54, 1.807) is 36.5 Å². The third-order valence-corrected chi connectivity index (χ3v) is 3.63. The van der Waals surface area contributed by atoms with Gasteiger partial charge in [0, 0.05) is 17.5 Å². The summed E-state index contributed by atoms with van der Waals surface area (Å²) in [5.74, 6) is 0. The first-order valence-electron chi connectivity index (χ1n) is 4.62. The molecule has 0 radical (unpaired) electrons. The summed E-state index contributed by atoms with van der Waals surface area (Å²) in [5.41, 5.74) is 1.40. The summed E-state index contributed by atoms with van der Waals surface area (Å²) in [5, 5.41) is 0.621. The van der Waals surface area contributed by atoms with Gasteiger partial charge in [0.05, 0.1) is 10.6 Å². The van der Waals surface area contributed by atoms with Gasteiger partial charge < -0.3 is 4.98 Å². The van der Waals surface area contributed by atoms with Gasteiger partial charge in [-0.25, -0.2) is 8.42 Å². The number of rotatable bonds is 2. The highest BCUT2D eigenvalue weighted by Gasteiger charge is 2.15. The van der Waals surface area contributed by atoms with Crippen LogP contribution in [0.4, 0.5) is 0 Å². The summed E-state index contributed by atoms with van der Waals surface area (Å²) < 4.78 is 23.0. The molecule has 0 aliphatic carbocycles. The second-order valence-electron chi connectivity index (χ2n) is 3.50. The standard InChI is InChI=1S/C11H10ClNO2S/c1-16(14,15)10-6-7-13-11(10)8-2-4-9(12)5-3-8/h2-7,13H,1H3. The average molecular weight is 256 g/mol. The van der Waals surface area contributed by atoms with Crippen LogP contribution in [0.1, 0.15) is 0 Å². The Kier molecular flexibility index (Phi) is 2.78. The van der Waals surface area contributed by atoms with Crippen LogP contribution < -0.4 is 0 Å². The predicted octanol–water partition coefficient (Wildman–Crippen LogP) is 2.74. The van der Waals surface area contributed by atoms with E-state index < -0.39 is 9.84 Å². The second-order valence-corrected chi connectivity index (χ2v) is 5.92. The Morgan fingerprint density at radius 1 is 1.12 bits per heavy atom. The Morgan fingerprint density at radius 2 is 1.75 bits per heavy atom. The van der Waals surface area contributed by atoms with Crippen LogP contribution >= 0.6 is 11.6 Å². The molecule has 2 rings (SSSR count). The van der Waals surface area contributed by atoms with Crippen molar-refractivity contribution in [2.45, 2.75) is 4.90 Å². The molecule has 16 heavy (non-hydrogen) atoms. The smallest absolute Gasteiger partial charge is 0.177 e. The number of H-pyrrole nitrogens is 1. The van der Waals surface area contributed by atoms with Crippen molar-refractivity contribution in [2.75, 3.05) is 6.26 Å². The van der Waals surface area contributed by atoms with Crippen LogP contribution in [0.2, 0.25) is 5.02 Å². The van der Waals surface area contributed by atoms with E-state index in [0.29, 0.717) is 15.6 Å². The average Bonchev–Trinajstić information content (AvgIpc) is 2.66. The van der Waals surface area contributed by atoms with Crippen molar-refractivity contribution in [1.29, 1.82) is 0 Å². The van der Waals surface area contributed by atoms with E-state index in [1.807, 2.05) is 0 Å². The van der Waals surface area contributed by atoms with Gasteiger partial charge in [-0.2, -0.15) is 0 Å². The Morgan fingerprint density at radius 3 is 2.31 bits per heavy atom. The number of hydrogen-bond acceptors (Lipinski definition) is 2. The van der Waals surface area contributed by atoms with Crippen molar-refractivity contribution in [3.63, 3.8) is 0 Å². The largest absolute Gasteiger partial charge is 0.360 e. The van der Waals surface area contributed by atoms with Gasteiger partial charge in [0.2, 0.25) is 0 Å². The third-order valence-electron chi connectivity index (χ3n) is 2.24. The van der Waals surface area contributed by atoms with Gasteiger partial charge in [0.25, 0.3) is 0 Å². The summed E-state index contributed by atoms with van der Waals surface area (Å²) in [6, 6.07) is 8.57. The number of aromatic nitrogens is 1. The Balaban J connectivity index is 2.58. The van der Waals surface area contributed by atoms with Crippen LogP contribution in [0.5, 0.6) is 0 Å². The number of halogens is 1. The number of aromatic amines is 1. The first kappa shape index (κ1) is 11.2. The molecule has 0 amide bonds. The SMILES string of the molecule is CS(=O)(=O)c1cc[nH]c1-c1ccc(Cl)cc1. The molecule has 0 aliphatic heterocycles. The lowest BCUT2D eigenvalue weighted by Gasteiger charge is -2.02. The lowest BCUT2D eigenvalue weighted by atomic mass is 10.2. The Bertz CT molecular complexity index is 599. The first-order chi connectivity index (χ1) is 7.48. The fourth-order valence-electron chi connectivity index (χ4n) is 1.51. The molecule has 1 aromatic carbocycles. The van der Waals surface area contributed by atoms with Crippen LogP contribution in [-0.2, 0) is 9.84 Å². The summed E-state index contributed by atoms with van der Waals surface area (Å²) in [6.45, 7) is 0. The number of sulfone groups is 1. The minimum atomic E-state index is -3.21. The van der Waals surface area contributed by atoms with Crippen LogP contribution in [0.15, 0.2) is 41.4 Å². The first-order valence-corrected chi connectivity index (χ1v) is 6.89. The van der Waals surface area contributed by atoms with E-state index in [-0.39, 0.29) is 0 Å². The van der Waals surface area contributed by atoms with Crippen molar-refractivity contribution in [2.24, 2.45) is 0 Å². The highest BCUT2D eigenvalue weighted by molar-refractivity contribution is 7.90. The highest BCUT2D eigenvalue weighted by Crippen LogP contribution is 2.26. The van der Waals surface area contributed by atoms with E-state index in [1.165, 1.54) is 6.26 Å². The molecule has 1 heterocycles. The van der Waals surface area contributed by atoms with Crippen molar-refractivity contribution < 1.29 is 8.42 Å². The molecule has 5 heteroatoms. The topological polar surface area (TPSA) is 49.9 Å². The molecule has 1 N–H and O–H groups in total. The molecule has 0 fully saturated rings. The monoisotopic (exact) mass is 255 g/mol. The number of benzene rings is 1. The van der Waals surface area contributed by atoms with Crippen LogP contribution in [0.25, 0.3) is 11.3 Å². The maximum absolute atomic E-state index is 11.5. The quantitative estimate of drug-likeness (QED) is 0.897. The molecule has 0 spiro atoms. The third kappa shape index (κ3) is 2.13. The predicted molar refractivity (Wildman–Crippen MR) is 64.3 cm³/mol. The van der Waals surface area contributed by atoms with Crippen molar-refractivity contribution in [3.8, 4) is 11.3 Å². The summed E-state index contributed by atoms with van der Waals surface area (Å²) >= 11 is 5.77. The van der Waals surface area contributed by atoms with Crippen molar-refractivity contribution >= 4 is 21.4 Å². The Hall–Kier alpha value is -1.26. The number of hydrogen-bond donors (Lipinski definition) is 1. The van der Waals surface area contributed by atoms with Gasteiger partial charge in [-0.3, -0.25) is 0 Å². The van der Waals surface area contributed by atoms with Crippen LogP contribution in [0, 0.1) is 0 Å². The molecule has 0 bridgehead atoms. The fourth-order valence-corrected chi connectivity index (χ4v) is 2.50. The van der Waals surface area contributed by atoms with E-state index >= 15 is 0 Å². The van der Waals surface area contributed by atoms with Crippen LogP contribution in [0.3, 0.4) is 0 Å². The van der Waals surface area contributed by atoms with Gasteiger partial charge in [-0.1, -0.05) is 23.7 Å². The van der Waals surface area contributed by atoms with E-state index in [0.717, 1.165) is 5.56 Å². The zero-order chi connectivity index (χ0) is 11.8. The van der Waals surface area contributed by atoms with Crippen molar-refractivity contribution in [1.82, 2.24) is 4.98 Å². The summed E-state index contributed by atoms with van der Waals surface area (Å²) in [4.78, 5) is 3.23. The summed E-state index contributed by atoms with van der Waals surface area (Å²) in [6.07, 6.45) is 2.80. The molecule has 3 nitrogen and oxygen atoms in total. The van der Waals surface area contributed by atoms with Gasteiger partial charge in [-0.15, -0.1) is 0 Å². The zero-order valence-electron chi connectivity index (χ0n) is 8.57. The van der Waals surface area contributed by atoms with E-state index in [4.69, 9.17) is 11.6 Å². The molecular formula is C11H10ClNO2S. The Labute approximate surface area is 99.0 Å². The normalized spacial score (nSPS) is 11.6.